The molecule has 1 aliphatic rings. The van der Waals surface area contributed by atoms with Gasteiger partial charge in [-0.2, -0.15) is 0 Å². The normalized spacial score (nSPS) is 17.4. The van der Waals surface area contributed by atoms with E-state index in [1.807, 2.05) is 18.2 Å². The van der Waals surface area contributed by atoms with Crippen LogP contribution in [0.4, 0.5) is 11.4 Å². The summed E-state index contributed by atoms with van der Waals surface area (Å²) in [7, 11) is 0. The van der Waals surface area contributed by atoms with Crippen molar-refractivity contribution in [3.8, 4) is 5.75 Å². The van der Waals surface area contributed by atoms with Gasteiger partial charge in [-0.1, -0.05) is 25.1 Å². The molecule has 4 heteroatoms. The van der Waals surface area contributed by atoms with Crippen LogP contribution in [0.5, 0.6) is 5.75 Å². The molecule has 2 aromatic carbocycles. The molecule has 3 N–H and O–H groups in total. The second-order valence-corrected chi connectivity index (χ2v) is 5.63. The number of hydrogen-bond acceptors (Lipinski definition) is 3. The number of carbonyl (C=O) groups excluding carboxylic acids is 1. The summed E-state index contributed by atoms with van der Waals surface area (Å²) in [6.07, 6.45) is 0.979. The fourth-order valence-electron chi connectivity index (χ4n) is 2.82. The molecule has 0 aliphatic carbocycles. The summed E-state index contributed by atoms with van der Waals surface area (Å²) in [6, 6.07) is 12.6. The topological polar surface area (TPSA) is 66.6 Å². The molecular formula is C17H18N2O2. The molecule has 1 aliphatic heterocycles. The van der Waals surface area contributed by atoms with Crippen molar-refractivity contribution < 1.29 is 9.90 Å². The van der Waals surface area contributed by atoms with Gasteiger partial charge in [0.25, 0.3) is 5.91 Å². The van der Waals surface area contributed by atoms with Crippen LogP contribution in [0.15, 0.2) is 42.5 Å². The quantitative estimate of drug-likeness (QED) is 0.624. The number of amides is 1. The molecule has 21 heavy (non-hydrogen) atoms. The molecule has 0 fully saturated rings. The Bertz CT molecular complexity index is 697. The molecule has 0 radical (unpaired) electrons. The molecule has 4 nitrogen and oxygen atoms in total. The van der Waals surface area contributed by atoms with Gasteiger partial charge in [0.05, 0.1) is 5.69 Å². The molecule has 1 unspecified atom stereocenters. The van der Waals surface area contributed by atoms with Crippen molar-refractivity contribution in [2.45, 2.75) is 13.3 Å². The van der Waals surface area contributed by atoms with Crippen molar-refractivity contribution in [3.63, 3.8) is 0 Å². The minimum absolute atomic E-state index is 0.0563. The number of fused-ring (bicyclic) bond motifs is 1. The highest BCUT2D eigenvalue weighted by molar-refractivity contribution is 6.07. The summed E-state index contributed by atoms with van der Waals surface area (Å²) >= 11 is 0. The molecule has 3 rings (SSSR count). The van der Waals surface area contributed by atoms with Crippen molar-refractivity contribution in [2.24, 2.45) is 5.92 Å². The van der Waals surface area contributed by atoms with Crippen LogP contribution in [0.1, 0.15) is 22.8 Å². The summed E-state index contributed by atoms with van der Waals surface area (Å²) < 4.78 is 0. The molecule has 2 aromatic rings. The minimum Gasteiger partial charge on any atom is -0.506 e. The van der Waals surface area contributed by atoms with Gasteiger partial charge in [-0.25, -0.2) is 0 Å². The van der Waals surface area contributed by atoms with E-state index in [9.17, 15) is 9.90 Å². The van der Waals surface area contributed by atoms with Crippen molar-refractivity contribution in [2.75, 3.05) is 17.2 Å². The van der Waals surface area contributed by atoms with Gasteiger partial charge in [-0.05, 0) is 42.2 Å². The van der Waals surface area contributed by atoms with Crippen molar-refractivity contribution in [3.05, 3.63) is 53.6 Å². The van der Waals surface area contributed by atoms with Gasteiger partial charge >= 0.3 is 0 Å². The predicted octanol–water partition coefficient (Wildman–Crippen LogP) is 2.81. The number of rotatable bonds is 1. The number of phenols is 1. The number of carbonyl (C=O) groups is 1. The number of aromatic hydroxyl groups is 1. The maximum absolute atomic E-state index is 12.7. The van der Waals surface area contributed by atoms with Crippen LogP contribution in [0.3, 0.4) is 0 Å². The summed E-state index contributed by atoms with van der Waals surface area (Å²) in [4.78, 5) is 14.5. The van der Waals surface area contributed by atoms with E-state index in [0.717, 1.165) is 12.1 Å². The number of nitrogen functional groups attached to an aromatic ring is 1. The van der Waals surface area contributed by atoms with Crippen LogP contribution in [0.2, 0.25) is 0 Å². The van der Waals surface area contributed by atoms with Crippen LogP contribution in [0, 0.1) is 5.92 Å². The van der Waals surface area contributed by atoms with E-state index in [1.54, 1.807) is 17.0 Å². The van der Waals surface area contributed by atoms with E-state index in [2.05, 4.69) is 13.0 Å². The molecule has 0 aromatic heterocycles. The first-order valence-corrected chi connectivity index (χ1v) is 7.04. The number of para-hydroxylation sites is 1. The zero-order valence-electron chi connectivity index (χ0n) is 11.9. The SMILES string of the molecule is CC1Cc2ccccc2N(C(=O)c2ccc(N)c(O)c2)C1. The monoisotopic (exact) mass is 282 g/mol. The number of nitrogens with two attached hydrogens (primary N) is 1. The highest BCUT2D eigenvalue weighted by Gasteiger charge is 2.27. The fourth-order valence-corrected chi connectivity index (χ4v) is 2.82. The summed E-state index contributed by atoms with van der Waals surface area (Å²) in [5.41, 5.74) is 8.46. The van der Waals surface area contributed by atoms with Gasteiger partial charge < -0.3 is 15.7 Å². The zero-order chi connectivity index (χ0) is 15.0. The van der Waals surface area contributed by atoms with Gasteiger partial charge in [-0.3, -0.25) is 4.79 Å². The lowest BCUT2D eigenvalue weighted by Gasteiger charge is -2.33. The number of nitrogens with zero attached hydrogens (tertiary/aromatic N) is 1. The van der Waals surface area contributed by atoms with Gasteiger partial charge in [0.15, 0.2) is 0 Å². The minimum atomic E-state index is -0.107. The van der Waals surface area contributed by atoms with Crippen LogP contribution >= 0.6 is 0 Å². The maximum Gasteiger partial charge on any atom is 0.258 e. The third-order valence-electron chi connectivity index (χ3n) is 3.87. The molecule has 0 spiro atoms. The van der Waals surface area contributed by atoms with Crippen LogP contribution in [0.25, 0.3) is 0 Å². The zero-order valence-corrected chi connectivity index (χ0v) is 11.9. The highest BCUT2D eigenvalue weighted by Crippen LogP contribution is 2.31. The fraction of sp³-hybridized carbons (Fsp3) is 0.235. The van der Waals surface area contributed by atoms with E-state index in [0.29, 0.717) is 18.0 Å². The van der Waals surface area contributed by atoms with Crippen molar-refractivity contribution in [1.29, 1.82) is 0 Å². The maximum atomic E-state index is 12.7. The third kappa shape index (κ3) is 2.44. The molecule has 108 valence electrons. The molecule has 1 heterocycles. The Kier molecular flexibility index (Phi) is 3.29. The average Bonchev–Trinajstić information content (AvgIpc) is 2.48. The second-order valence-electron chi connectivity index (χ2n) is 5.63. The van der Waals surface area contributed by atoms with E-state index in [4.69, 9.17) is 5.73 Å². The Labute approximate surface area is 123 Å². The van der Waals surface area contributed by atoms with E-state index < -0.39 is 0 Å². The van der Waals surface area contributed by atoms with Crippen molar-refractivity contribution >= 4 is 17.3 Å². The van der Waals surface area contributed by atoms with E-state index in [1.165, 1.54) is 11.6 Å². The third-order valence-corrected chi connectivity index (χ3v) is 3.87. The Morgan fingerprint density at radius 2 is 2.05 bits per heavy atom. The molecule has 0 saturated carbocycles. The van der Waals surface area contributed by atoms with Gasteiger partial charge in [0.1, 0.15) is 5.75 Å². The lowest BCUT2D eigenvalue weighted by atomic mass is 9.93. The lowest BCUT2D eigenvalue weighted by Crippen LogP contribution is -2.39. The molecule has 1 atom stereocenters. The van der Waals surface area contributed by atoms with Gasteiger partial charge in [0.2, 0.25) is 0 Å². The lowest BCUT2D eigenvalue weighted by molar-refractivity contribution is 0.0980. The van der Waals surface area contributed by atoms with E-state index >= 15 is 0 Å². The average molecular weight is 282 g/mol. The highest BCUT2D eigenvalue weighted by atomic mass is 16.3. The van der Waals surface area contributed by atoms with Crippen LogP contribution in [-0.2, 0) is 6.42 Å². The summed E-state index contributed by atoms with van der Waals surface area (Å²) in [5, 5.41) is 9.70. The van der Waals surface area contributed by atoms with Crippen LogP contribution < -0.4 is 10.6 Å². The smallest absolute Gasteiger partial charge is 0.258 e. The number of anilines is 2. The molecule has 0 bridgehead atoms. The molecule has 1 amide bonds. The second kappa shape index (κ2) is 5.13. The Hall–Kier alpha value is -2.49. The van der Waals surface area contributed by atoms with Crippen LogP contribution in [-0.4, -0.2) is 17.6 Å². The van der Waals surface area contributed by atoms with Crippen molar-refractivity contribution in [1.82, 2.24) is 0 Å². The molecule has 0 saturated heterocycles. The first kappa shape index (κ1) is 13.5. The standard InChI is InChI=1S/C17H18N2O2/c1-11-8-12-4-2-3-5-15(12)19(10-11)17(21)13-6-7-14(18)16(20)9-13/h2-7,9,11,20H,8,10,18H2,1H3. The summed E-state index contributed by atoms with van der Waals surface area (Å²) in [6.45, 7) is 2.82. The van der Waals surface area contributed by atoms with Gasteiger partial charge in [-0.15, -0.1) is 0 Å². The van der Waals surface area contributed by atoms with E-state index in [-0.39, 0.29) is 17.3 Å². The Morgan fingerprint density at radius 3 is 2.81 bits per heavy atom. The number of benzene rings is 2. The Balaban J connectivity index is 1.99. The Morgan fingerprint density at radius 1 is 1.29 bits per heavy atom. The number of phenolic OH excluding ortho intramolecular Hbond substituents is 1. The van der Waals surface area contributed by atoms with Gasteiger partial charge in [0, 0.05) is 17.8 Å². The number of hydrogen-bond donors (Lipinski definition) is 2. The predicted molar refractivity (Wildman–Crippen MR) is 83.5 cm³/mol. The first-order chi connectivity index (χ1) is 10.1. The largest absolute Gasteiger partial charge is 0.506 e. The summed E-state index contributed by atoms with van der Waals surface area (Å²) in [5.74, 6) is 0.245. The first-order valence-electron chi connectivity index (χ1n) is 7.04. The molecular weight excluding hydrogens is 264 g/mol.